The highest BCUT2D eigenvalue weighted by Gasteiger charge is 2.34. The van der Waals surface area contributed by atoms with E-state index < -0.39 is 5.92 Å². The van der Waals surface area contributed by atoms with E-state index in [0.717, 1.165) is 11.1 Å². The van der Waals surface area contributed by atoms with Crippen molar-refractivity contribution in [2.75, 3.05) is 11.9 Å². The number of benzene rings is 2. The van der Waals surface area contributed by atoms with E-state index in [0.29, 0.717) is 41.3 Å². The van der Waals surface area contributed by atoms with Gasteiger partial charge in [0.25, 0.3) is 5.89 Å². The van der Waals surface area contributed by atoms with Crippen LogP contribution in [0.2, 0.25) is 5.02 Å². The molecule has 1 aliphatic heterocycles. The largest absolute Gasteiger partial charge is 0.467 e. The van der Waals surface area contributed by atoms with Gasteiger partial charge in [0, 0.05) is 34.8 Å². The first-order chi connectivity index (χ1) is 16.0. The number of rotatable bonds is 6. The van der Waals surface area contributed by atoms with Gasteiger partial charge in [-0.2, -0.15) is 4.98 Å². The van der Waals surface area contributed by atoms with Crippen LogP contribution in [0.15, 0.2) is 75.9 Å². The number of amides is 2. The van der Waals surface area contributed by atoms with Crippen LogP contribution in [0.3, 0.4) is 0 Å². The zero-order valence-electron chi connectivity index (χ0n) is 17.4. The first-order valence-corrected chi connectivity index (χ1v) is 10.7. The molecule has 1 aliphatic rings. The molecule has 0 saturated carbocycles. The van der Waals surface area contributed by atoms with Gasteiger partial charge in [-0.15, -0.1) is 0 Å². The van der Waals surface area contributed by atoms with Crippen LogP contribution in [0.4, 0.5) is 5.69 Å². The monoisotopic (exact) mass is 462 g/mol. The van der Waals surface area contributed by atoms with Gasteiger partial charge in [-0.3, -0.25) is 9.59 Å². The normalized spacial score (nSPS) is 15.7. The quantitative estimate of drug-likeness (QED) is 0.448. The third kappa shape index (κ3) is 4.65. The van der Waals surface area contributed by atoms with E-state index >= 15 is 0 Å². The highest BCUT2D eigenvalue weighted by Crippen LogP contribution is 2.26. The van der Waals surface area contributed by atoms with Crippen molar-refractivity contribution in [3.63, 3.8) is 0 Å². The molecule has 3 heterocycles. The molecule has 4 aromatic rings. The van der Waals surface area contributed by atoms with E-state index in [9.17, 15) is 9.59 Å². The molecule has 2 aromatic carbocycles. The van der Waals surface area contributed by atoms with Crippen LogP contribution in [0.5, 0.6) is 0 Å². The second-order valence-electron chi connectivity index (χ2n) is 7.75. The highest BCUT2D eigenvalue weighted by atomic mass is 35.5. The number of carbonyl (C=O) groups excluding carboxylic acids is 2. The Morgan fingerprint density at radius 3 is 2.58 bits per heavy atom. The van der Waals surface area contributed by atoms with Crippen molar-refractivity contribution in [2.24, 2.45) is 5.92 Å². The molecule has 0 radical (unpaired) electrons. The van der Waals surface area contributed by atoms with Gasteiger partial charge in [0.2, 0.25) is 17.6 Å². The molecule has 0 bridgehead atoms. The minimum Gasteiger partial charge on any atom is -0.467 e. The molecule has 166 valence electrons. The van der Waals surface area contributed by atoms with Crippen molar-refractivity contribution in [1.82, 2.24) is 15.0 Å². The maximum atomic E-state index is 12.7. The molecular weight excluding hydrogens is 444 g/mol. The van der Waals surface area contributed by atoms with Gasteiger partial charge in [-0.1, -0.05) is 16.8 Å². The van der Waals surface area contributed by atoms with Crippen LogP contribution in [0.1, 0.15) is 12.2 Å². The number of hydrogen-bond acceptors (Lipinski definition) is 6. The Bertz CT molecular complexity index is 1270. The topological polar surface area (TPSA) is 101 Å². The van der Waals surface area contributed by atoms with Crippen LogP contribution in [-0.2, 0) is 16.1 Å². The summed E-state index contributed by atoms with van der Waals surface area (Å²) in [5.41, 5.74) is 2.14. The van der Waals surface area contributed by atoms with Crippen LogP contribution in [0, 0.1) is 5.92 Å². The van der Waals surface area contributed by atoms with Gasteiger partial charge in [0.1, 0.15) is 5.76 Å². The van der Waals surface area contributed by atoms with Crippen LogP contribution >= 0.6 is 11.6 Å². The van der Waals surface area contributed by atoms with Crippen molar-refractivity contribution in [1.29, 1.82) is 0 Å². The second kappa shape index (κ2) is 8.91. The number of likely N-dealkylation sites (tertiary alicyclic amines) is 1. The van der Waals surface area contributed by atoms with Crippen LogP contribution < -0.4 is 5.32 Å². The first-order valence-electron chi connectivity index (χ1n) is 10.4. The van der Waals surface area contributed by atoms with Gasteiger partial charge in [-0.25, -0.2) is 0 Å². The Hall–Kier alpha value is -3.91. The summed E-state index contributed by atoms with van der Waals surface area (Å²) in [7, 11) is 0. The van der Waals surface area contributed by atoms with Crippen molar-refractivity contribution in [3.8, 4) is 22.8 Å². The Morgan fingerprint density at radius 1 is 1.09 bits per heavy atom. The van der Waals surface area contributed by atoms with Crippen molar-refractivity contribution < 1.29 is 18.5 Å². The molecule has 5 rings (SSSR count). The van der Waals surface area contributed by atoms with Crippen molar-refractivity contribution in [2.45, 2.75) is 13.0 Å². The van der Waals surface area contributed by atoms with Gasteiger partial charge < -0.3 is 19.2 Å². The zero-order valence-corrected chi connectivity index (χ0v) is 18.2. The number of nitrogens with one attached hydrogen (secondary N) is 1. The molecule has 1 atom stereocenters. The van der Waals surface area contributed by atoms with Gasteiger partial charge in [0.05, 0.1) is 18.7 Å². The molecule has 8 nitrogen and oxygen atoms in total. The van der Waals surface area contributed by atoms with E-state index in [-0.39, 0.29) is 18.2 Å². The summed E-state index contributed by atoms with van der Waals surface area (Å²) >= 11 is 5.92. The summed E-state index contributed by atoms with van der Waals surface area (Å²) in [5.74, 6) is 0.859. The Labute approximate surface area is 194 Å². The molecule has 1 fully saturated rings. The molecular formula is C24H19ClN4O4. The molecule has 9 heteroatoms. The summed E-state index contributed by atoms with van der Waals surface area (Å²) in [6.45, 7) is 0.728. The highest BCUT2D eigenvalue weighted by molar-refractivity contribution is 6.30. The maximum Gasteiger partial charge on any atom is 0.258 e. The fraction of sp³-hybridized carbons (Fsp3) is 0.167. The third-order valence-corrected chi connectivity index (χ3v) is 5.69. The minimum atomic E-state index is -0.412. The molecule has 1 N–H and O–H groups in total. The summed E-state index contributed by atoms with van der Waals surface area (Å²) in [6.07, 6.45) is 1.75. The fourth-order valence-corrected chi connectivity index (χ4v) is 3.81. The predicted molar refractivity (Wildman–Crippen MR) is 121 cm³/mol. The average Bonchev–Trinajstić information content (AvgIpc) is 3.58. The Balaban J connectivity index is 1.21. The summed E-state index contributed by atoms with van der Waals surface area (Å²) in [5, 5.41) is 7.52. The number of anilines is 1. The third-order valence-electron chi connectivity index (χ3n) is 5.44. The van der Waals surface area contributed by atoms with Gasteiger partial charge >= 0.3 is 0 Å². The number of halogens is 1. The standard InChI is InChI=1S/C24H19ClN4O4/c25-18-7-3-15(4-8-18)22-27-24(33-28-22)16-5-9-19(10-6-16)26-23(31)17-12-21(30)29(13-17)14-20-2-1-11-32-20/h1-11,17H,12-14H2,(H,26,31). The SMILES string of the molecule is O=C(Nc1ccc(-c2nc(-c3ccc(Cl)cc3)no2)cc1)C1CC(=O)N(Cc2ccco2)C1. The van der Waals surface area contributed by atoms with Gasteiger partial charge in [-0.05, 0) is 60.7 Å². The van der Waals surface area contributed by atoms with Crippen LogP contribution in [-0.4, -0.2) is 33.4 Å². The zero-order chi connectivity index (χ0) is 22.8. The second-order valence-corrected chi connectivity index (χ2v) is 8.19. The number of furan rings is 1. The lowest BCUT2D eigenvalue weighted by Gasteiger charge is -2.15. The first kappa shape index (κ1) is 21.0. The Morgan fingerprint density at radius 2 is 1.85 bits per heavy atom. The number of aromatic nitrogens is 2. The molecule has 0 spiro atoms. The molecule has 0 aliphatic carbocycles. The lowest BCUT2D eigenvalue weighted by molar-refractivity contribution is -0.128. The average molecular weight is 463 g/mol. The lowest BCUT2D eigenvalue weighted by atomic mass is 10.1. The van der Waals surface area contributed by atoms with Crippen molar-refractivity contribution >= 4 is 29.1 Å². The van der Waals surface area contributed by atoms with E-state index in [1.807, 2.05) is 18.2 Å². The number of hydrogen-bond donors (Lipinski definition) is 1. The lowest BCUT2D eigenvalue weighted by Crippen LogP contribution is -2.27. The predicted octanol–water partition coefficient (Wildman–Crippen LogP) is 4.64. The number of nitrogens with zero attached hydrogens (tertiary/aromatic N) is 3. The molecule has 2 amide bonds. The maximum absolute atomic E-state index is 12.7. The van der Waals surface area contributed by atoms with E-state index in [2.05, 4.69) is 15.5 Å². The summed E-state index contributed by atoms with van der Waals surface area (Å²) < 4.78 is 10.7. The minimum absolute atomic E-state index is 0.0604. The van der Waals surface area contributed by atoms with Crippen molar-refractivity contribution in [3.05, 3.63) is 77.7 Å². The molecule has 1 saturated heterocycles. The summed E-state index contributed by atoms with van der Waals surface area (Å²) in [6, 6.07) is 17.8. The smallest absolute Gasteiger partial charge is 0.258 e. The fourth-order valence-electron chi connectivity index (χ4n) is 3.69. The van der Waals surface area contributed by atoms with E-state index in [4.69, 9.17) is 20.5 Å². The molecule has 2 aromatic heterocycles. The molecule has 33 heavy (non-hydrogen) atoms. The molecule has 1 unspecified atom stereocenters. The summed E-state index contributed by atoms with van der Waals surface area (Å²) in [4.78, 5) is 31.0. The van der Waals surface area contributed by atoms with E-state index in [1.165, 1.54) is 0 Å². The van der Waals surface area contributed by atoms with Crippen LogP contribution in [0.25, 0.3) is 22.8 Å². The number of carbonyl (C=O) groups is 2. The van der Waals surface area contributed by atoms with Gasteiger partial charge in [0.15, 0.2) is 0 Å². The Kier molecular flexibility index (Phi) is 5.66. The van der Waals surface area contributed by atoms with E-state index in [1.54, 1.807) is 53.6 Å².